The summed E-state index contributed by atoms with van der Waals surface area (Å²) in [6.07, 6.45) is 1.52. The molecule has 3 heterocycles. The van der Waals surface area contributed by atoms with Crippen LogP contribution in [0.15, 0.2) is 48.8 Å². The van der Waals surface area contributed by atoms with Crippen molar-refractivity contribution in [1.82, 2.24) is 19.8 Å². The van der Waals surface area contributed by atoms with Crippen LogP contribution in [0.25, 0.3) is 15.5 Å². The Labute approximate surface area is 185 Å². The SMILES string of the molecule is O=C(Nc1cccc(-c2nn3cnnc3s2)c1)c1cc([N+](=O)[O-])ccc1N1CCOCC1. The van der Waals surface area contributed by atoms with Crippen molar-refractivity contribution in [2.75, 3.05) is 36.5 Å². The summed E-state index contributed by atoms with van der Waals surface area (Å²) in [5, 5.41) is 27.1. The first-order valence-electron chi connectivity index (χ1n) is 9.78. The molecule has 1 aliphatic rings. The molecule has 4 aromatic rings. The van der Waals surface area contributed by atoms with Gasteiger partial charge in [0.1, 0.15) is 11.3 Å². The number of ether oxygens (including phenoxy) is 1. The van der Waals surface area contributed by atoms with Crippen LogP contribution in [0.1, 0.15) is 10.4 Å². The normalized spacial score (nSPS) is 13.9. The fourth-order valence-corrected chi connectivity index (χ4v) is 4.32. The van der Waals surface area contributed by atoms with E-state index >= 15 is 0 Å². The molecule has 5 rings (SSSR count). The summed E-state index contributed by atoms with van der Waals surface area (Å²) >= 11 is 1.38. The number of nitrogens with zero attached hydrogens (tertiary/aromatic N) is 6. The molecule has 162 valence electrons. The van der Waals surface area contributed by atoms with Gasteiger partial charge in [-0.3, -0.25) is 14.9 Å². The van der Waals surface area contributed by atoms with Gasteiger partial charge in [-0.1, -0.05) is 23.5 Å². The molecule has 0 spiro atoms. The Bertz CT molecular complexity index is 1280. The maximum absolute atomic E-state index is 13.2. The fourth-order valence-electron chi connectivity index (χ4n) is 3.50. The number of nitrogens with one attached hydrogen (secondary N) is 1. The molecule has 0 saturated carbocycles. The van der Waals surface area contributed by atoms with Crippen molar-refractivity contribution in [2.24, 2.45) is 0 Å². The van der Waals surface area contributed by atoms with Crippen LogP contribution >= 0.6 is 11.3 Å². The minimum absolute atomic E-state index is 0.138. The number of nitro groups is 1. The van der Waals surface area contributed by atoms with E-state index in [1.54, 1.807) is 22.7 Å². The van der Waals surface area contributed by atoms with Gasteiger partial charge in [0.2, 0.25) is 4.96 Å². The molecule has 0 aliphatic carbocycles. The molecule has 0 bridgehead atoms. The second-order valence-electron chi connectivity index (χ2n) is 7.06. The lowest BCUT2D eigenvalue weighted by Gasteiger charge is -2.30. The van der Waals surface area contributed by atoms with E-state index in [-0.39, 0.29) is 11.3 Å². The van der Waals surface area contributed by atoms with E-state index in [1.165, 1.54) is 29.8 Å². The zero-order valence-electron chi connectivity index (χ0n) is 16.7. The highest BCUT2D eigenvalue weighted by Crippen LogP contribution is 2.29. The Hall–Kier alpha value is -3.90. The van der Waals surface area contributed by atoms with E-state index in [1.807, 2.05) is 17.0 Å². The van der Waals surface area contributed by atoms with Crippen molar-refractivity contribution in [2.45, 2.75) is 0 Å². The van der Waals surface area contributed by atoms with Gasteiger partial charge >= 0.3 is 0 Å². The third-order valence-electron chi connectivity index (χ3n) is 5.04. The average Bonchev–Trinajstić information content (AvgIpc) is 3.42. The number of amides is 1. The summed E-state index contributed by atoms with van der Waals surface area (Å²) in [6.45, 7) is 2.28. The summed E-state index contributed by atoms with van der Waals surface area (Å²) < 4.78 is 6.97. The summed E-state index contributed by atoms with van der Waals surface area (Å²) in [6, 6.07) is 11.6. The molecule has 11 nitrogen and oxygen atoms in total. The van der Waals surface area contributed by atoms with Gasteiger partial charge in [0, 0.05) is 36.5 Å². The molecule has 2 aromatic carbocycles. The number of aromatic nitrogens is 4. The van der Waals surface area contributed by atoms with Gasteiger partial charge in [0.25, 0.3) is 11.6 Å². The van der Waals surface area contributed by atoms with Crippen LogP contribution in [-0.2, 0) is 4.74 Å². The molecule has 0 unspecified atom stereocenters. The smallest absolute Gasteiger partial charge is 0.270 e. The summed E-state index contributed by atoms with van der Waals surface area (Å²) in [7, 11) is 0. The number of benzene rings is 2. The maximum atomic E-state index is 13.2. The summed E-state index contributed by atoms with van der Waals surface area (Å²) in [5.41, 5.74) is 2.11. The monoisotopic (exact) mass is 451 g/mol. The number of rotatable bonds is 5. The Morgan fingerprint density at radius 1 is 1.19 bits per heavy atom. The molecule has 1 saturated heterocycles. The van der Waals surface area contributed by atoms with Crippen LogP contribution in [0.3, 0.4) is 0 Å². The number of fused-ring (bicyclic) bond motifs is 1. The average molecular weight is 451 g/mol. The molecule has 12 heteroatoms. The number of carbonyl (C=O) groups excluding carboxylic acids is 1. The van der Waals surface area contributed by atoms with Gasteiger partial charge in [-0.25, -0.2) is 0 Å². The molecule has 2 aromatic heterocycles. The highest BCUT2D eigenvalue weighted by Gasteiger charge is 2.22. The van der Waals surface area contributed by atoms with Crippen molar-refractivity contribution in [3.05, 3.63) is 64.5 Å². The Kier molecular flexibility index (Phi) is 5.21. The van der Waals surface area contributed by atoms with Crippen LogP contribution in [0.5, 0.6) is 0 Å². The lowest BCUT2D eigenvalue weighted by atomic mass is 10.1. The summed E-state index contributed by atoms with van der Waals surface area (Å²) in [5.74, 6) is -0.425. The molecule has 0 atom stereocenters. The number of nitro benzene ring substituents is 1. The number of morpholine rings is 1. The lowest BCUT2D eigenvalue weighted by molar-refractivity contribution is -0.384. The minimum Gasteiger partial charge on any atom is -0.378 e. The Balaban J connectivity index is 1.44. The Morgan fingerprint density at radius 3 is 2.81 bits per heavy atom. The van der Waals surface area contributed by atoms with E-state index < -0.39 is 10.8 Å². The summed E-state index contributed by atoms with van der Waals surface area (Å²) in [4.78, 5) is 26.6. The van der Waals surface area contributed by atoms with Crippen LogP contribution in [-0.4, -0.2) is 56.9 Å². The number of hydrogen-bond acceptors (Lipinski definition) is 9. The Morgan fingerprint density at radius 2 is 2.03 bits per heavy atom. The second-order valence-corrected chi connectivity index (χ2v) is 8.01. The highest BCUT2D eigenvalue weighted by atomic mass is 32.1. The predicted octanol–water partition coefficient (Wildman–Crippen LogP) is 2.85. The molecular formula is C20H17N7O4S. The third kappa shape index (κ3) is 3.88. The van der Waals surface area contributed by atoms with Crippen LogP contribution in [0.4, 0.5) is 17.1 Å². The molecular weight excluding hydrogens is 434 g/mol. The van der Waals surface area contributed by atoms with Crippen molar-refractivity contribution in [3.63, 3.8) is 0 Å². The van der Waals surface area contributed by atoms with Gasteiger partial charge in [-0.05, 0) is 18.2 Å². The minimum atomic E-state index is -0.506. The number of anilines is 2. The predicted molar refractivity (Wildman–Crippen MR) is 118 cm³/mol. The first kappa shape index (κ1) is 20.0. The molecule has 1 amide bonds. The quantitative estimate of drug-likeness (QED) is 0.362. The van der Waals surface area contributed by atoms with Crippen molar-refractivity contribution < 1.29 is 14.5 Å². The standard InChI is InChI=1S/C20H17N7O4S/c28-18(16-11-15(27(29)30)4-5-17(16)25-6-8-31-9-7-25)22-14-3-1-2-13(10-14)19-24-26-12-21-23-20(26)32-19/h1-5,10-12H,6-9H2,(H,22,28). The van der Waals surface area contributed by atoms with Crippen LogP contribution in [0, 0.1) is 10.1 Å². The van der Waals surface area contributed by atoms with E-state index in [0.717, 1.165) is 10.6 Å². The van der Waals surface area contributed by atoms with Gasteiger partial charge in [0.05, 0.1) is 29.4 Å². The van der Waals surface area contributed by atoms with E-state index in [0.29, 0.717) is 42.6 Å². The van der Waals surface area contributed by atoms with E-state index in [2.05, 4.69) is 20.6 Å². The second kappa shape index (κ2) is 8.32. The molecule has 1 aliphatic heterocycles. The molecule has 32 heavy (non-hydrogen) atoms. The highest BCUT2D eigenvalue weighted by molar-refractivity contribution is 7.19. The van der Waals surface area contributed by atoms with Crippen molar-refractivity contribution in [3.8, 4) is 10.6 Å². The topological polar surface area (TPSA) is 128 Å². The number of non-ortho nitro benzene ring substituents is 1. The van der Waals surface area contributed by atoms with Crippen LogP contribution < -0.4 is 10.2 Å². The van der Waals surface area contributed by atoms with Gasteiger partial charge < -0.3 is 15.0 Å². The first-order valence-corrected chi connectivity index (χ1v) is 10.6. The maximum Gasteiger partial charge on any atom is 0.270 e. The lowest BCUT2D eigenvalue weighted by Crippen LogP contribution is -2.37. The largest absolute Gasteiger partial charge is 0.378 e. The number of hydrogen-bond donors (Lipinski definition) is 1. The van der Waals surface area contributed by atoms with Gasteiger partial charge in [-0.2, -0.15) is 9.61 Å². The van der Waals surface area contributed by atoms with Crippen molar-refractivity contribution in [1.29, 1.82) is 0 Å². The van der Waals surface area contributed by atoms with Gasteiger partial charge in [0.15, 0.2) is 0 Å². The molecule has 1 N–H and O–H groups in total. The van der Waals surface area contributed by atoms with Crippen LogP contribution in [0.2, 0.25) is 0 Å². The molecule has 1 fully saturated rings. The fraction of sp³-hybridized carbons (Fsp3) is 0.200. The van der Waals surface area contributed by atoms with E-state index in [9.17, 15) is 14.9 Å². The van der Waals surface area contributed by atoms with E-state index in [4.69, 9.17) is 4.74 Å². The zero-order chi connectivity index (χ0) is 22.1. The molecule has 0 radical (unpaired) electrons. The first-order chi connectivity index (χ1) is 15.6. The zero-order valence-corrected chi connectivity index (χ0v) is 17.5. The number of carbonyl (C=O) groups is 1. The third-order valence-corrected chi connectivity index (χ3v) is 6.00. The van der Waals surface area contributed by atoms with Gasteiger partial charge in [-0.15, -0.1) is 10.2 Å². The van der Waals surface area contributed by atoms with Crippen molar-refractivity contribution >= 4 is 39.3 Å².